The molecule has 1 aliphatic rings. The molecule has 3 nitrogen and oxygen atoms in total. The number of rotatable bonds is 3. The van der Waals surface area contributed by atoms with E-state index in [1.54, 1.807) is 18.2 Å². The fraction of sp³-hybridized carbons (Fsp3) is 0.417. The summed E-state index contributed by atoms with van der Waals surface area (Å²) < 4.78 is 0. The van der Waals surface area contributed by atoms with Gasteiger partial charge in [0.05, 0.1) is 10.7 Å². The van der Waals surface area contributed by atoms with Crippen LogP contribution in [0.2, 0.25) is 5.02 Å². The Balaban J connectivity index is 2.22. The molecule has 4 heteroatoms. The van der Waals surface area contributed by atoms with Gasteiger partial charge in [0.25, 0.3) is 5.91 Å². The molecule has 0 spiro atoms. The summed E-state index contributed by atoms with van der Waals surface area (Å²) in [5.74, 6) is 0.0494. The summed E-state index contributed by atoms with van der Waals surface area (Å²) in [6.07, 6.45) is 2.23. The van der Waals surface area contributed by atoms with E-state index in [4.69, 9.17) is 17.3 Å². The molecule has 0 heterocycles. The van der Waals surface area contributed by atoms with Gasteiger partial charge in [-0.25, -0.2) is 0 Å². The van der Waals surface area contributed by atoms with E-state index in [1.165, 1.54) is 0 Å². The molecule has 1 aromatic rings. The van der Waals surface area contributed by atoms with Gasteiger partial charge in [0.1, 0.15) is 0 Å². The van der Waals surface area contributed by atoms with Crippen LogP contribution in [0, 0.1) is 0 Å². The molecule has 16 heavy (non-hydrogen) atoms. The number of hydrogen-bond donors (Lipinski definition) is 1. The van der Waals surface area contributed by atoms with Crippen molar-refractivity contribution in [2.24, 2.45) is 0 Å². The first-order chi connectivity index (χ1) is 7.63. The number of carbonyl (C=O) groups is 1. The lowest BCUT2D eigenvalue weighted by Gasteiger charge is -2.20. The van der Waals surface area contributed by atoms with Crippen LogP contribution >= 0.6 is 11.6 Å². The molecular weight excluding hydrogens is 224 g/mol. The number of carbonyl (C=O) groups excluding carboxylic acids is 1. The first-order valence-corrected chi connectivity index (χ1v) is 5.87. The van der Waals surface area contributed by atoms with Gasteiger partial charge >= 0.3 is 0 Å². The Morgan fingerprint density at radius 2 is 2.25 bits per heavy atom. The van der Waals surface area contributed by atoms with Gasteiger partial charge in [-0.2, -0.15) is 0 Å². The number of nitrogens with two attached hydrogens (primary N) is 1. The average molecular weight is 239 g/mol. The van der Waals surface area contributed by atoms with Gasteiger partial charge in [-0.05, 0) is 38.0 Å². The minimum Gasteiger partial charge on any atom is -0.398 e. The first-order valence-electron chi connectivity index (χ1n) is 5.49. The molecule has 1 aromatic carbocycles. The normalized spacial score (nSPS) is 14.9. The van der Waals surface area contributed by atoms with Crippen molar-refractivity contribution < 1.29 is 4.79 Å². The summed E-state index contributed by atoms with van der Waals surface area (Å²) >= 11 is 5.82. The molecule has 2 rings (SSSR count). The first kappa shape index (κ1) is 11.3. The van der Waals surface area contributed by atoms with Crippen LogP contribution in [-0.2, 0) is 0 Å². The van der Waals surface area contributed by atoms with Gasteiger partial charge in [0, 0.05) is 18.2 Å². The highest BCUT2D eigenvalue weighted by Crippen LogP contribution is 2.29. The van der Waals surface area contributed by atoms with Gasteiger partial charge in [-0.3, -0.25) is 4.79 Å². The van der Waals surface area contributed by atoms with Gasteiger partial charge in [0.2, 0.25) is 0 Å². The summed E-state index contributed by atoms with van der Waals surface area (Å²) in [7, 11) is 0. The zero-order valence-corrected chi connectivity index (χ0v) is 10.00. The number of nitrogen functional groups attached to an aromatic ring is 1. The number of amides is 1. The fourth-order valence-electron chi connectivity index (χ4n) is 1.80. The van der Waals surface area contributed by atoms with Crippen LogP contribution in [-0.4, -0.2) is 23.4 Å². The van der Waals surface area contributed by atoms with Crippen molar-refractivity contribution in [1.82, 2.24) is 4.90 Å². The zero-order chi connectivity index (χ0) is 11.7. The predicted molar refractivity (Wildman–Crippen MR) is 65.6 cm³/mol. The van der Waals surface area contributed by atoms with Gasteiger partial charge in [-0.1, -0.05) is 11.6 Å². The molecule has 0 atom stereocenters. The van der Waals surface area contributed by atoms with E-state index in [2.05, 4.69) is 0 Å². The smallest absolute Gasteiger partial charge is 0.254 e. The molecule has 0 aromatic heterocycles. The van der Waals surface area contributed by atoms with Crippen LogP contribution in [0.4, 0.5) is 5.69 Å². The second-order valence-electron chi connectivity index (χ2n) is 4.06. The van der Waals surface area contributed by atoms with Crippen LogP contribution in [0.5, 0.6) is 0 Å². The molecule has 1 aliphatic carbocycles. The van der Waals surface area contributed by atoms with E-state index in [1.807, 2.05) is 11.8 Å². The molecule has 0 aliphatic heterocycles. The lowest BCUT2D eigenvalue weighted by atomic mass is 10.1. The monoisotopic (exact) mass is 238 g/mol. The maximum atomic E-state index is 12.1. The second-order valence-corrected chi connectivity index (χ2v) is 4.47. The topological polar surface area (TPSA) is 46.3 Å². The van der Waals surface area contributed by atoms with Gasteiger partial charge in [0.15, 0.2) is 0 Å². The van der Waals surface area contributed by atoms with Crippen molar-refractivity contribution in [1.29, 1.82) is 0 Å². The largest absolute Gasteiger partial charge is 0.398 e. The summed E-state index contributed by atoms with van der Waals surface area (Å²) in [5.41, 5.74) is 6.77. The van der Waals surface area contributed by atoms with E-state index in [9.17, 15) is 4.79 Å². The van der Waals surface area contributed by atoms with Crippen LogP contribution in [0.15, 0.2) is 18.2 Å². The molecule has 1 saturated carbocycles. The molecule has 0 saturated heterocycles. The van der Waals surface area contributed by atoms with Gasteiger partial charge < -0.3 is 10.6 Å². The molecule has 0 bridgehead atoms. The lowest BCUT2D eigenvalue weighted by Crippen LogP contribution is -2.32. The van der Waals surface area contributed by atoms with Gasteiger partial charge in [-0.15, -0.1) is 0 Å². The summed E-state index contributed by atoms with van der Waals surface area (Å²) in [6.45, 7) is 2.74. The molecular formula is C12H15ClN2O. The highest BCUT2D eigenvalue weighted by molar-refractivity contribution is 6.33. The Kier molecular flexibility index (Phi) is 3.06. The van der Waals surface area contributed by atoms with E-state index in [0.717, 1.165) is 19.4 Å². The van der Waals surface area contributed by atoms with Crippen molar-refractivity contribution in [3.8, 4) is 0 Å². The van der Waals surface area contributed by atoms with Crippen molar-refractivity contribution in [2.45, 2.75) is 25.8 Å². The molecule has 1 fully saturated rings. The maximum Gasteiger partial charge on any atom is 0.254 e. The Morgan fingerprint density at radius 1 is 1.56 bits per heavy atom. The maximum absolute atomic E-state index is 12.1. The van der Waals surface area contributed by atoms with Crippen LogP contribution in [0.3, 0.4) is 0 Å². The Hall–Kier alpha value is -1.22. The Labute approximate surface area is 100 Å². The molecule has 1 amide bonds. The Morgan fingerprint density at radius 3 is 2.75 bits per heavy atom. The standard InChI is InChI=1S/C12H15ClN2O/c1-2-15(9-4-5-9)12(16)8-3-6-10(13)11(14)7-8/h3,6-7,9H,2,4-5,14H2,1H3. The third-order valence-electron chi connectivity index (χ3n) is 2.83. The zero-order valence-electron chi connectivity index (χ0n) is 9.24. The van der Waals surface area contributed by atoms with E-state index in [0.29, 0.717) is 22.3 Å². The van der Waals surface area contributed by atoms with E-state index >= 15 is 0 Å². The second kappa shape index (κ2) is 4.34. The lowest BCUT2D eigenvalue weighted by molar-refractivity contribution is 0.0752. The van der Waals surface area contributed by atoms with E-state index in [-0.39, 0.29) is 5.91 Å². The SMILES string of the molecule is CCN(C(=O)c1ccc(Cl)c(N)c1)C1CC1. The molecule has 2 N–H and O–H groups in total. The van der Waals surface area contributed by atoms with Crippen LogP contribution in [0.25, 0.3) is 0 Å². The van der Waals surface area contributed by atoms with Crippen molar-refractivity contribution in [3.05, 3.63) is 28.8 Å². The number of nitrogens with zero attached hydrogens (tertiary/aromatic N) is 1. The molecule has 0 unspecified atom stereocenters. The number of anilines is 1. The van der Waals surface area contributed by atoms with Crippen molar-refractivity contribution in [3.63, 3.8) is 0 Å². The quantitative estimate of drug-likeness (QED) is 0.823. The third kappa shape index (κ3) is 2.14. The number of halogens is 1. The van der Waals surface area contributed by atoms with Crippen LogP contribution in [0.1, 0.15) is 30.1 Å². The summed E-state index contributed by atoms with van der Waals surface area (Å²) in [6, 6.07) is 5.47. The predicted octanol–water partition coefficient (Wildman–Crippen LogP) is 2.55. The van der Waals surface area contributed by atoms with E-state index < -0.39 is 0 Å². The van der Waals surface area contributed by atoms with Crippen LogP contribution < -0.4 is 5.73 Å². The number of benzene rings is 1. The number of hydrogen-bond acceptors (Lipinski definition) is 2. The third-order valence-corrected chi connectivity index (χ3v) is 3.18. The van der Waals surface area contributed by atoms with Crippen molar-refractivity contribution >= 4 is 23.2 Å². The minimum absolute atomic E-state index is 0.0494. The fourth-order valence-corrected chi connectivity index (χ4v) is 1.91. The van der Waals surface area contributed by atoms with Crippen molar-refractivity contribution in [2.75, 3.05) is 12.3 Å². The average Bonchev–Trinajstić information content (AvgIpc) is 3.07. The molecule has 0 radical (unpaired) electrons. The Bertz CT molecular complexity index is 415. The summed E-state index contributed by atoms with van der Waals surface area (Å²) in [5, 5.41) is 0.492. The highest BCUT2D eigenvalue weighted by Gasteiger charge is 2.31. The highest BCUT2D eigenvalue weighted by atomic mass is 35.5. The minimum atomic E-state index is 0.0494. The molecule has 86 valence electrons. The summed E-state index contributed by atoms with van der Waals surface area (Å²) in [4.78, 5) is 14.0.